The Balaban J connectivity index is 2.00. The Morgan fingerprint density at radius 3 is 2.36 bits per heavy atom. The van der Waals surface area contributed by atoms with E-state index >= 15 is 0 Å². The third-order valence-electron chi connectivity index (χ3n) is 3.59. The molecule has 0 aliphatic carbocycles. The van der Waals surface area contributed by atoms with Crippen LogP contribution in [0, 0.1) is 4.77 Å². The molecule has 0 amide bonds. The van der Waals surface area contributed by atoms with E-state index in [2.05, 4.69) is 15.3 Å². The molecule has 2 aromatic carbocycles. The molecule has 0 aliphatic rings. The molecular formula is C17H15Cl2N5S. The number of nitrogens with zero attached hydrogens (tertiary/aromatic N) is 4. The van der Waals surface area contributed by atoms with Gasteiger partial charge in [-0.15, -0.1) is 0 Å². The quantitative estimate of drug-likeness (QED) is 0.510. The number of H-pyrrole nitrogens is 1. The molecule has 0 radical (unpaired) electrons. The zero-order valence-electron chi connectivity index (χ0n) is 13.6. The lowest BCUT2D eigenvalue weighted by molar-refractivity contribution is 0.871. The van der Waals surface area contributed by atoms with Gasteiger partial charge < -0.3 is 4.90 Å². The average molecular weight is 392 g/mol. The van der Waals surface area contributed by atoms with E-state index in [1.165, 1.54) is 0 Å². The lowest BCUT2D eigenvalue weighted by atomic mass is 10.2. The molecule has 0 saturated carbocycles. The fraction of sp³-hybridized carbons (Fsp3) is 0.118. The van der Waals surface area contributed by atoms with E-state index in [4.69, 9.17) is 35.4 Å². The van der Waals surface area contributed by atoms with Crippen LogP contribution in [-0.2, 0) is 0 Å². The van der Waals surface area contributed by atoms with Crippen molar-refractivity contribution in [1.82, 2.24) is 14.9 Å². The van der Waals surface area contributed by atoms with Gasteiger partial charge in [-0.05, 0) is 48.6 Å². The van der Waals surface area contributed by atoms with Gasteiger partial charge in [0.1, 0.15) is 0 Å². The highest BCUT2D eigenvalue weighted by atomic mass is 35.5. The minimum atomic E-state index is 0.381. The maximum absolute atomic E-state index is 6.17. The van der Waals surface area contributed by atoms with Gasteiger partial charge in [0, 0.05) is 30.9 Å². The molecule has 3 aromatic rings. The highest BCUT2D eigenvalue weighted by Crippen LogP contribution is 2.24. The van der Waals surface area contributed by atoms with Crippen molar-refractivity contribution in [3.8, 4) is 11.4 Å². The zero-order chi connectivity index (χ0) is 18.0. The molecule has 0 fully saturated rings. The predicted octanol–water partition coefficient (Wildman–Crippen LogP) is 4.86. The van der Waals surface area contributed by atoms with Crippen LogP contribution in [0.2, 0.25) is 10.0 Å². The monoisotopic (exact) mass is 391 g/mol. The maximum Gasteiger partial charge on any atom is 0.216 e. The Labute approximate surface area is 160 Å². The topological polar surface area (TPSA) is 49.2 Å². The number of rotatable bonds is 4. The Morgan fingerprint density at radius 1 is 1.12 bits per heavy atom. The second-order valence-corrected chi connectivity index (χ2v) is 6.69. The van der Waals surface area contributed by atoms with E-state index in [1.807, 2.05) is 43.3 Å². The summed E-state index contributed by atoms with van der Waals surface area (Å²) in [6, 6.07) is 13.2. The number of aromatic amines is 1. The minimum Gasteiger partial charge on any atom is -0.378 e. The predicted molar refractivity (Wildman–Crippen MR) is 107 cm³/mol. The molecule has 1 heterocycles. The van der Waals surface area contributed by atoms with E-state index in [-0.39, 0.29) is 0 Å². The van der Waals surface area contributed by atoms with Gasteiger partial charge in [0.15, 0.2) is 5.82 Å². The van der Waals surface area contributed by atoms with Crippen molar-refractivity contribution in [1.29, 1.82) is 0 Å². The van der Waals surface area contributed by atoms with Crippen molar-refractivity contribution in [2.45, 2.75) is 0 Å². The maximum atomic E-state index is 6.17. The Bertz CT molecular complexity index is 953. The van der Waals surface area contributed by atoms with Crippen molar-refractivity contribution >= 4 is 47.3 Å². The first-order chi connectivity index (χ1) is 12.0. The summed E-state index contributed by atoms with van der Waals surface area (Å²) in [5, 5.41) is 12.5. The summed E-state index contributed by atoms with van der Waals surface area (Å²) < 4.78 is 1.92. The highest BCUT2D eigenvalue weighted by molar-refractivity contribution is 7.71. The first-order valence-electron chi connectivity index (χ1n) is 7.41. The molecule has 25 heavy (non-hydrogen) atoms. The number of hydrogen-bond donors (Lipinski definition) is 1. The third kappa shape index (κ3) is 3.76. The van der Waals surface area contributed by atoms with E-state index < -0.39 is 0 Å². The summed E-state index contributed by atoms with van der Waals surface area (Å²) in [6.45, 7) is 0. The molecule has 0 aliphatic heterocycles. The van der Waals surface area contributed by atoms with E-state index in [0.29, 0.717) is 26.2 Å². The van der Waals surface area contributed by atoms with Gasteiger partial charge in [-0.25, -0.2) is 5.10 Å². The lowest BCUT2D eigenvalue weighted by Crippen LogP contribution is -2.08. The summed E-state index contributed by atoms with van der Waals surface area (Å²) >= 11 is 17.6. The fourth-order valence-electron chi connectivity index (χ4n) is 2.24. The number of nitrogens with one attached hydrogen (secondary N) is 1. The largest absolute Gasteiger partial charge is 0.378 e. The van der Waals surface area contributed by atoms with E-state index in [0.717, 1.165) is 11.3 Å². The van der Waals surface area contributed by atoms with Gasteiger partial charge >= 0.3 is 0 Å². The normalized spacial score (nSPS) is 11.2. The average Bonchev–Trinajstić information content (AvgIpc) is 2.95. The van der Waals surface area contributed by atoms with Crippen molar-refractivity contribution in [3.63, 3.8) is 0 Å². The molecule has 8 heteroatoms. The summed E-state index contributed by atoms with van der Waals surface area (Å²) in [5.74, 6) is 0.606. The van der Waals surface area contributed by atoms with Crippen LogP contribution < -0.4 is 4.90 Å². The SMILES string of the molecule is CN(C)c1ccc(-c2n[nH]c(=S)n2/N=C\c2c(Cl)cccc2Cl)cc1. The van der Waals surface area contributed by atoms with Crippen LogP contribution in [0.3, 0.4) is 0 Å². The summed E-state index contributed by atoms with van der Waals surface area (Å²) in [7, 11) is 3.98. The molecule has 1 N–H and O–H groups in total. The highest BCUT2D eigenvalue weighted by Gasteiger charge is 2.09. The minimum absolute atomic E-state index is 0.381. The van der Waals surface area contributed by atoms with Crippen LogP contribution in [0.25, 0.3) is 11.4 Å². The Morgan fingerprint density at radius 2 is 1.76 bits per heavy atom. The van der Waals surface area contributed by atoms with Crippen LogP contribution in [0.15, 0.2) is 47.6 Å². The van der Waals surface area contributed by atoms with Crippen molar-refractivity contribution < 1.29 is 0 Å². The van der Waals surface area contributed by atoms with Gasteiger partial charge in [-0.2, -0.15) is 14.9 Å². The van der Waals surface area contributed by atoms with E-state index in [9.17, 15) is 0 Å². The molecule has 0 atom stereocenters. The molecular weight excluding hydrogens is 377 g/mol. The molecule has 0 bridgehead atoms. The summed E-state index contributed by atoms with van der Waals surface area (Å²) in [5.41, 5.74) is 2.61. The number of halogens is 2. The van der Waals surface area contributed by atoms with Gasteiger partial charge in [0.25, 0.3) is 0 Å². The molecule has 5 nitrogen and oxygen atoms in total. The van der Waals surface area contributed by atoms with Gasteiger partial charge in [0.05, 0.1) is 16.3 Å². The Kier molecular flexibility index (Phi) is 5.22. The first-order valence-corrected chi connectivity index (χ1v) is 8.57. The van der Waals surface area contributed by atoms with Crippen molar-refractivity contribution in [2.75, 3.05) is 19.0 Å². The molecule has 0 spiro atoms. The Hall–Kier alpha value is -2.15. The molecule has 1 aromatic heterocycles. The molecule has 0 unspecified atom stereocenters. The van der Waals surface area contributed by atoms with Gasteiger partial charge in [-0.3, -0.25) is 0 Å². The van der Waals surface area contributed by atoms with Gasteiger partial charge in [0.2, 0.25) is 4.77 Å². The van der Waals surface area contributed by atoms with Crippen LogP contribution >= 0.6 is 35.4 Å². The second-order valence-electron chi connectivity index (χ2n) is 5.49. The van der Waals surface area contributed by atoms with Gasteiger partial charge in [-0.1, -0.05) is 29.3 Å². The van der Waals surface area contributed by atoms with Crippen molar-refractivity contribution in [3.05, 3.63) is 62.8 Å². The van der Waals surface area contributed by atoms with Crippen LogP contribution in [0.4, 0.5) is 5.69 Å². The summed E-state index contributed by atoms with van der Waals surface area (Å²) in [4.78, 5) is 2.03. The smallest absolute Gasteiger partial charge is 0.216 e. The van der Waals surface area contributed by atoms with Crippen LogP contribution in [0.5, 0.6) is 0 Å². The van der Waals surface area contributed by atoms with Crippen LogP contribution in [0.1, 0.15) is 5.56 Å². The zero-order valence-corrected chi connectivity index (χ0v) is 15.9. The van der Waals surface area contributed by atoms with Crippen molar-refractivity contribution in [2.24, 2.45) is 5.10 Å². The van der Waals surface area contributed by atoms with E-state index in [1.54, 1.807) is 29.1 Å². The standard InChI is InChI=1S/C17H15Cl2N5S/c1-23(2)12-8-6-11(7-9-12)16-21-22-17(25)24(16)20-10-13-14(18)4-3-5-15(13)19/h3-10H,1-2H3,(H,22,25)/b20-10-. The number of benzene rings is 2. The summed E-state index contributed by atoms with van der Waals surface area (Å²) in [6.07, 6.45) is 1.58. The second kappa shape index (κ2) is 7.39. The lowest BCUT2D eigenvalue weighted by Gasteiger charge is -2.12. The number of anilines is 1. The molecule has 3 rings (SSSR count). The fourth-order valence-corrected chi connectivity index (χ4v) is 2.92. The van der Waals surface area contributed by atoms with Crippen LogP contribution in [-0.4, -0.2) is 35.2 Å². The number of aromatic nitrogens is 3. The third-order valence-corrected chi connectivity index (χ3v) is 4.52. The molecule has 128 valence electrons. The molecule has 0 saturated heterocycles. The number of hydrogen-bond acceptors (Lipinski definition) is 4. The first kappa shape index (κ1) is 17.7.